The number of nitriles is 1. The highest BCUT2D eigenvalue weighted by molar-refractivity contribution is 7.99. The molecule has 2 heterocycles. The molecule has 9 heteroatoms. The van der Waals surface area contributed by atoms with Gasteiger partial charge < -0.3 is 14.6 Å². The summed E-state index contributed by atoms with van der Waals surface area (Å²) in [5.74, 6) is 2.17. The molecular formula is C26H31N5O2S2. The first-order valence-electron chi connectivity index (χ1n) is 12.1. The summed E-state index contributed by atoms with van der Waals surface area (Å²) in [6.07, 6.45) is 4.87. The predicted octanol–water partition coefficient (Wildman–Crippen LogP) is 5.70. The fraction of sp³-hybridized carbons (Fsp3) is 0.462. The van der Waals surface area contributed by atoms with Gasteiger partial charge in [0.05, 0.1) is 11.3 Å². The van der Waals surface area contributed by atoms with Gasteiger partial charge in [-0.05, 0) is 61.8 Å². The van der Waals surface area contributed by atoms with Crippen LogP contribution in [0.1, 0.15) is 67.1 Å². The Labute approximate surface area is 214 Å². The number of benzene rings is 1. The van der Waals surface area contributed by atoms with E-state index in [0.29, 0.717) is 27.5 Å². The maximum Gasteiger partial charge on any atom is 0.235 e. The van der Waals surface area contributed by atoms with Crippen molar-refractivity contribution in [2.45, 2.75) is 64.1 Å². The number of hydrogen-bond acceptors (Lipinski definition) is 7. The molecule has 184 valence electrons. The van der Waals surface area contributed by atoms with Crippen molar-refractivity contribution in [1.29, 1.82) is 5.26 Å². The van der Waals surface area contributed by atoms with E-state index < -0.39 is 0 Å². The molecule has 1 aliphatic rings. The lowest BCUT2D eigenvalue weighted by molar-refractivity contribution is -0.113. The van der Waals surface area contributed by atoms with Gasteiger partial charge >= 0.3 is 0 Å². The average Bonchev–Trinajstić information content (AvgIpc) is 3.41. The number of hydrogen-bond donors (Lipinski definition) is 1. The van der Waals surface area contributed by atoms with Crippen LogP contribution in [-0.2, 0) is 31.1 Å². The summed E-state index contributed by atoms with van der Waals surface area (Å²) in [5, 5.41) is 22.5. The number of anilines is 1. The zero-order valence-electron chi connectivity index (χ0n) is 20.6. The molecular weight excluding hydrogens is 478 g/mol. The maximum absolute atomic E-state index is 12.7. The van der Waals surface area contributed by atoms with Crippen LogP contribution < -0.4 is 10.1 Å². The Kier molecular flexibility index (Phi) is 8.14. The Morgan fingerprint density at radius 1 is 1.34 bits per heavy atom. The first-order chi connectivity index (χ1) is 16.9. The molecule has 1 N–H and O–H groups in total. The van der Waals surface area contributed by atoms with Crippen LogP contribution in [0.5, 0.6) is 5.75 Å². The number of ether oxygens (including phenoxy) is 1. The number of amides is 1. The van der Waals surface area contributed by atoms with E-state index >= 15 is 0 Å². The van der Waals surface area contributed by atoms with Crippen LogP contribution in [0.3, 0.4) is 0 Å². The summed E-state index contributed by atoms with van der Waals surface area (Å²) in [4.78, 5) is 14.0. The average molecular weight is 510 g/mol. The standard InChI is InChI=1S/C26H31N5O2S2/c1-5-17-7-10-19(11-8-17)33-16(3)24-29-30-26(31(24)4)34-15-23(32)28-25-21(14-27)20-12-9-18(6-2)13-22(20)35-25/h7-8,10-11,16,18H,5-6,9,12-13,15H2,1-4H3,(H,28,32). The molecule has 0 aliphatic heterocycles. The maximum atomic E-state index is 12.7. The second-order valence-electron chi connectivity index (χ2n) is 8.83. The van der Waals surface area contributed by atoms with E-state index in [1.165, 1.54) is 22.2 Å². The number of fused-ring (bicyclic) bond motifs is 1. The number of thiophene rings is 1. The Morgan fingerprint density at radius 3 is 2.80 bits per heavy atom. The third-order valence-corrected chi connectivity index (χ3v) is 8.71. The zero-order chi connectivity index (χ0) is 24.9. The van der Waals surface area contributed by atoms with Gasteiger partial charge in [-0.25, -0.2) is 0 Å². The fourth-order valence-corrected chi connectivity index (χ4v) is 6.41. The number of carbonyl (C=O) groups is 1. The molecule has 1 aliphatic carbocycles. The summed E-state index contributed by atoms with van der Waals surface area (Å²) >= 11 is 2.88. The van der Waals surface area contributed by atoms with Crippen molar-refractivity contribution >= 4 is 34.0 Å². The lowest BCUT2D eigenvalue weighted by Gasteiger charge is -2.20. The molecule has 0 radical (unpaired) electrons. The number of carbonyl (C=O) groups excluding carboxylic acids is 1. The van der Waals surface area contributed by atoms with Crippen molar-refractivity contribution in [2.75, 3.05) is 11.1 Å². The van der Waals surface area contributed by atoms with Crippen LogP contribution in [0.15, 0.2) is 29.4 Å². The molecule has 0 saturated heterocycles. The zero-order valence-corrected chi connectivity index (χ0v) is 22.3. The Bertz CT molecular complexity index is 1230. The van der Waals surface area contributed by atoms with E-state index in [2.05, 4.69) is 47.6 Å². The third-order valence-electron chi connectivity index (χ3n) is 6.52. The van der Waals surface area contributed by atoms with Crippen molar-refractivity contribution in [3.05, 3.63) is 51.7 Å². The summed E-state index contributed by atoms with van der Waals surface area (Å²) in [5.41, 5.74) is 3.02. The number of rotatable bonds is 9. The Balaban J connectivity index is 1.36. The van der Waals surface area contributed by atoms with Crippen molar-refractivity contribution < 1.29 is 9.53 Å². The van der Waals surface area contributed by atoms with Gasteiger partial charge in [0, 0.05) is 11.9 Å². The van der Waals surface area contributed by atoms with Crippen molar-refractivity contribution in [2.24, 2.45) is 13.0 Å². The van der Waals surface area contributed by atoms with Gasteiger partial charge in [0.2, 0.25) is 5.91 Å². The molecule has 35 heavy (non-hydrogen) atoms. The van der Waals surface area contributed by atoms with Crippen molar-refractivity contribution in [3.8, 4) is 11.8 Å². The molecule has 1 aromatic carbocycles. The minimum Gasteiger partial charge on any atom is -0.483 e. The summed E-state index contributed by atoms with van der Waals surface area (Å²) in [6.45, 7) is 6.27. The SMILES string of the molecule is CCc1ccc(OC(C)c2nnc(SCC(=O)Nc3sc4c(c3C#N)CCC(CC)C4)n2C)cc1. The van der Waals surface area contributed by atoms with Gasteiger partial charge in [0.1, 0.15) is 16.8 Å². The molecule has 0 fully saturated rings. The molecule has 2 atom stereocenters. The van der Waals surface area contributed by atoms with Gasteiger partial charge in [-0.15, -0.1) is 21.5 Å². The van der Waals surface area contributed by atoms with E-state index in [1.807, 2.05) is 30.7 Å². The fourth-order valence-electron chi connectivity index (χ4n) is 4.37. The summed E-state index contributed by atoms with van der Waals surface area (Å²) < 4.78 is 7.90. The number of aryl methyl sites for hydroxylation is 1. The van der Waals surface area contributed by atoms with Crippen LogP contribution in [0.2, 0.25) is 0 Å². The van der Waals surface area contributed by atoms with Gasteiger partial charge in [-0.2, -0.15) is 5.26 Å². The monoisotopic (exact) mass is 509 g/mol. The number of aromatic nitrogens is 3. The second kappa shape index (κ2) is 11.3. The van der Waals surface area contributed by atoms with Crippen LogP contribution in [0.25, 0.3) is 0 Å². The van der Waals surface area contributed by atoms with Crippen LogP contribution in [-0.4, -0.2) is 26.4 Å². The minimum absolute atomic E-state index is 0.151. The van der Waals surface area contributed by atoms with Crippen LogP contribution >= 0.6 is 23.1 Å². The lowest BCUT2D eigenvalue weighted by Crippen LogP contribution is -2.15. The highest BCUT2D eigenvalue weighted by Gasteiger charge is 2.26. The largest absolute Gasteiger partial charge is 0.483 e. The van der Waals surface area contributed by atoms with E-state index in [1.54, 1.807) is 11.3 Å². The minimum atomic E-state index is -0.286. The lowest BCUT2D eigenvalue weighted by atomic mass is 9.86. The predicted molar refractivity (Wildman–Crippen MR) is 140 cm³/mol. The topological polar surface area (TPSA) is 92.8 Å². The molecule has 3 aromatic rings. The van der Waals surface area contributed by atoms with E-state index in [-0.39, 0.29) is 17.8 Å². The van der Waals surface area contributed by atoms with Crippen LogP contribution in [0.4, 0.5) is 5.00 Å². The number of nitrogens with one attached hydrogen (secondary N) is 1. The number of nitrogens with zero attached hydrogens (tertiary/aromatic N) is 4. The van der Waals surface area contributed by atoms with Gasteiger partial charge in [0.15, 0.2) is 17.1 Å². The van der Waals surface area contributed by atoms with Gasteiger partial charge in [-0.3, -0.25) is 4.79 Å². The van der Waals surface area contributed by atoms with Gasteiger partial charge in [-0.1, -0.05) is 44.2 Å². The van der Waals surface area contributed by atoms with E-state index in [4.69, 9.17) is 4.74 Å². The normalized spacial score (nSPS) is 15.8. The first-order valence-corrected chi connectivity index (χ1v) is 13.9. The summed E-state index contributed by atoms with van der Waals surface area (Å²) in [7, 11) is 1.88. The molecule has 0 spiro atoms. The Morgan fingerprint density at radius 2 is 2.11 bits per heavy atom. The highest BCUT2D eigenvalue weighted by atomic mass is 32.2. The summed E-state index contributed by atoms with van der Waals surface area (Å²) in [6, 6.07) is 10.4. The molecule has 4 rings (SSSR count). The molecule has 2 unspecified atom stereocenters. The molecule has 0 bridgehead atoms. The third kappa shape index (κ3) is 5.71. The smallest absolute Gasteiger partial charge is 0.235 e. The quantitative estimate of drug-likeness (QED) is 0.372. The van der Waals surface area contributed by atoms with E-state index in [0.717, 1.165) is 43.4 Å². The highest BCUT2D eigenvalue weighted by Crippen LogP contribution is 2.40. The van der Waals surface area contributed by atoms with Gasteiger partial charge in [0.25, 0.3) is 0 Å². The van der Waals surface area contributed by atoms with Crippen molar-refractivity contribution in [1.82, 2.24) is 14.8 Å². The molecule has 1 amide bonds. The molecule has 0 saturated carbocycles. The van der Waals surface area contributed by atoms with Crippen molar-refractivity contribution in [3.63, 3.8) is 0 Å². The second-order valence-corrected chi connectivity index (χ2v) is 10.9. The molecule has 7 nitrogen and oxygen atoms in total. The van der Waals surface area contributed by atoms with Crippen LogP contribution in [0, 0.1) is 17.2 Å². The van der Waals surface area contributed by atoms with E-state index in [9.17, 15) is 10.1 Å². The Hall–Kier alpha value is -2.83. The number of thioether (sulfide) groups is 1. The molecule has 2 aromatic heterocycles. The first kappa shape index (κ1) is 25.3.